The first-order valence-corrected chi connectivity index (χ1v) is 8.79. The third-order valence-electron chi connectivity index (χ3n) is 2.53. The van der Waals surface area contributed by atoms with E-state index in [2.05, 4.69) is 22.6 Å². The van der Waals surface area contributed by atoms with Crippen LogP contribution in [0.1, 0.15) is 32.1 Å². The zero-order valence-electron chi connectivity index (χ0n) is 12.2. The van der Waals surface area contributed by atoms with Crippen LogP contribution < -0.4 is 5.32 Å². The van der Waals surface area contributed by atoms with Crippen molar-refractivity contribution in [3.05, 3.63) is 0 Å². The van der Waals surface area contributed by atoms with Crippen molar-refractivity contribution in [1.29, 1.82) is 0 Å². The Balaban J connectivity index is 3.25. The first-order chi connectivity index (χ1) is 9.06. The number of methoxy groups -OCH3 is 1. The van der Waals surface area contributed by atoms with E-state index in [-0.39, 0.29) is 12.1 Å². The second-order valence-electron chi connectivity index (χ2n) is 4.49. The first-order valence-electron chi connectivity index (χ1n) is 6.58. The topological polar surface area (TPSA) is 64.6 Å². The van der Waals surface area contributed by atoms with Crippen LogP contribution in [-0.2, 0) is 25.2 Å². The average Bonchev–Trinajstić information content (AvgIpc) is 2.36. The number of hydrogen-bond acceptors (Lipinski definition) is 4. The number of hydrogen-bond donors (Lipinski definition) is 1. The summed E-state index contributed by atoms with van der Waals surface area (Å²) in [6.07, 6.45) is 8.09. The van der Waals surface area contributed by atoms with E-state index in [0.29, 0.717) is 30.5 Å². The van der Waals surface area contributed by atoms with E-state index < -0.39 is 0 Å². The number of alkyl carbamates (subject to hydrolysis) is 1. The summed E-state index contributed by atoms with van der Waals surface area (Å²) in [4.78, 5) is 22.1. The molecule has 112 valence electrons. The fourth-order valence-corrected chi connectivity index (χ4v) is 1.81. The predicted molar refractivity (Wildman–Crippen MR) is 78.5 cm³/mol. The van der Waals surface area contributed by atoms with E-state index in [1.165, 1.54) is 7.11 Å². The zero-order valence-corrected chi connectivity index (χ0v) is 13.0. The molecule has 5 nitrogen and oxygen atoms in total. The van der Waals surface area contributed by atoms with Gasteiger partial charge in [-0.25, -0.2) is 4.79 Å². The molecular weight excluding hydrogens is 266 g/mol. The van der Waals surface area contributed by atoms with Crippen molar-refractivity contribution in [2.24, 2.45) is 0 Å². The van der Waals surface area contributed by atoms with E-state index in [9.17, 15) is 9.59 Å². The second kappa shape index (κ2) is 12.1. The van der Waals surface area contributed by atoms with Crippen LogP contribution in [0.2, 0.25) is 0 Å². The van der Waals surface area contributed by atoms with Crippen molar-refractivity contribution in [1.82, 2.24) is 5.32 Å². The maximum absolute atomic E-state index is 11.3. The van der Waals surface area contributed by atoms with Crippen molar-refractivity contribution in [2.45, 2.75) is 32.1 Å². The molecule has 0 radical (unpaired) electrons. The summed E-state index contributed by atoms with van der Waals surface area (Å²) in [5, 5.41) is 2.72. The number of esters is 1. The summed E-state index contributed by atoms with van der Waals surface area (Å²) in [6.45, 7) is 1.11. The third kappa shape index (κ3) is 13.3. The van der Waals surface area contributed by atoms with E-state index in [4.69, 9.17) is 4.74 Å². The molecule has 1 N–H and O–H groups in total. The van der Waals surface area contributed by atoms with E-state index in [1.807, 2.05) is 0 Å². The Bertz CT molecular complexity index is 259. The lowest BCUT2D eigenvalue weighted by atomic mass is 10.1. The molecule has 0 heterocycles. The second-order valence-corrected chi connectivity index (χ2v) is 6.87. The minimum atomic E-state index is -0.333. The first kappa shape index (κ1) is 18.1. The standard InChI is InChI=1S/C13H25NO4S/c1-17-12(15)8-6-4-5-7-9-14-13(16)18-10-11-19(2)3/h4-11H2,1-3H3/p+1. The van der Waals surface area contributed by atoms with Crippen molar-refractivity contribution in [2.75, 3.05) is 38.5 Å². The van der Waals surface area contributed by atoms with Gasteiger partial charge in [-0.15, -0.1) is 0 Å². The van der Waals surface area contributed by atoms with Gasteiger partial charge in [0.15, 0.2) is 0 Å². The summed E-state index contributed by atoms with van der Waals surface area (Å²) in [5.74, 6) is 0.758. The number of unbranched alkanes of at least 4 members (excludes halogenated alkanes) is 3. The van der Waals surface area contributed by atoms with Crippen LogP contribution in [0.3, 0.4) is 0 Å². The lowest BCUT2D eigenvalue weighted by Crippen LogP contribution is -2.27. The fourth-order valence-electron chi connectivity index (χ4n) is 1.39. The molecular formula is C13H26NO4S+. The Morgan fingerprint density at radius 1 is 1.11 bits per heavy atom. The lowest BCUT2D eigenvalue weighted by molar-refractivity contribution is -0.140. The highest BCUT2D eigenvalue weighted by Crippen LogP contribution is 2.03. The van der Waals surface area contributed by atoms with Gasteiger partial charge in [-0.2, -0.15) is 0 Å². The monoisotopic (exact) mass is 292 g/mol. The summed E-state index contributed by atoms with van der Waals surface area (Å²) in [5.41, 5.74) is 0. The SMILES string of the molecule is COC(=O)CCCCCCNC(=O)OCC[S+](C)C. The highest BCUT2D eigenvalue weighted by molar-refractivity contribution is 7.95. The van der Waals surface area contributed by atoms with Crippen LogP contribution in [0.25, 0.3) is 0 Å². The molecule has 0 spiro atoms. The number of rotatable bonds is 10. The normalized spacial score (nSPS) is 10.3. The van der Waals surface area contributed by atoms with E-state index >= 15 is 0 Å². The van der Waals surface area contributed by atoms with Crippen LogP contribution in [0, 0.1) is 0 Å². The van der Waals surface area contributed by atoms with Gasteiger partial charge in [0.1, 0.15) is 12.4 Å². The maximum atomic E-state index is 11.3. The summed E-state index contributed by atoms with van der Waals surface area (Å²) < 4.78 is 9.57. The molecule has 0 unspecified atom stereocenters. The molecule has 0 bridgehead atoms. The number of carbonyl (C=O) groups is 2. The number of amides is 1. The molecule has 0 atom stereocenters. The molecule has 0 saturated carbocycles. The van der Waals surface area contributed by atoms with Crippen molar-refractivity contribution >= 4 is 23.0 Å². The molecule has 0 aromatic heterocycles. The number of nitrogens with one attached hydrogen (secondary N) is 1. The Morgan fingerprint density at radius 3 is 2.42 bits per heavy atom. The Morgan fingerprint density at radius 2 is 1.79 bits per heavy atom. The third-order valence-corrected chi connectivity index (χ3v) is 3.51. The molecule has 0 aromatic rings. The van der Waals surface area contributed by atoms with Gasteiger partial charge in [0, 0.05) is 13.0 Å². The zero-order chi connectivity index (χ0) is 14.5. The molecule has 0 aromatic carbocycles. The quantitative estimate of drug-likeness (QED) is 0.378. The molecule has 0 fully saturated rings. The van der Waals surface area contributed by atoms with Crippen LogP contribution in [0.4, 0.5) is 4.79 Å². The summed E-state index contributed by atoms with van der Waals surface area (Å²) >= 11 is 0. The largest absolute Gasteiger partial charge is 0.469 e. The van der Waals surface area contributed by atoms with E-state index in [1.54, 1.807) is 0 Å². The number of ether oxygens (including phenoxy) is 2. The van der Waals surface area contributed by atoms with Gasteiger partial charge >= 0.3 is 12.1 Å². The molecule has 0 aliphatic rings. The van der Waals surface area contributed by atoms with Crippen LogP contribution in [0.5, 0.6) is 0 Å². The van der Waals surface area contributed by atoms with Crippen molar-refractivity contribution < 1.29 is 19.1 Å². The molecule has 0 rings (SSSR count). The minimum Gasteiger partial charge on any atom is -0.469 e. The Kier molecular flexibility index (Phi) is 11.6. The highest BCUT2D eigenvalue weighted by atomic mass is 32.2. The van der Waals surface area contributed by atoms with E-state index in [0.717, 1.165) is 31.4 Å². The van der Waals surface area contributed by atoms with Crippen molar-refractivity contribution in [3.63, 3.8) is 0 Å². The molecule has 6 heteroatoms. The summed E-state index contributed by atoms with van der Waals surface area (Å²) in [6, 6.07) is 0. The van der Waals surface area contributed by atoms with Gasteiger partial charge in [-0.3, -0.25) is 4.79 Å². The van der Waals surface area contributed by atoms with Gasteiger partial charge in [0.2, 0.25) is 0 Å². The minimum absolute atomic E-state index is 0.160. The molecule has 19 heavy (non-hydrogen) atoms. The van der Waals surface area contributed by atoms with Gasteiger partial charge in [-0.05, 0) is 23.7 Å². The van der Waals surface area contributed by atoms with Crippen molar-refractivity contribution in [3.8, 4) is 0 Å². The average molecular weight is 292 g/mol. The molecule has 0 aliphatic heterocycles. The molecule has 1 amide bonds. The fraction of sp³-hybridized carbons (Fsp3) is 0.846. The molecule has 0 aliphatic carbocycles. The van der Waals surface area contributed by atoms with Gasteiger partial charge < -0.3 is 14.8 Å². The Hall–Kier alpha value is -0.910. The van der Waals surface area contributed by atoms with Gasteiger partial charge in [0.25, 0.3) is 0 Å². The summed E-state index contributed by atoms with van der Waals surface area (Å²) in [7, 11) is 1.71. The van der Waals surface area contributed by atoms with Gasteiger partial charge in [0.05, 0.1) is 19.6 Å². The predicted octanol–water partition coefficient (Wildman–Crippen LogP) is 1.71. The highest BCUT2D eigenvalue weighted by Gasteiger charge is 2.05. The maximum Gasteiger partial charge on any atom is 0.407 e. The Labute approximate surface area is 118 Å². The number of carbonyl (C=O) groups excluding carboxylic acids is 2. The van der Waals surface area contributed by atoms with Gasteiger partial charge in [-0.1, -0.05) is 12.8 Å². The smallest absolute Gasteiger partial charge is 0.407 e. The van der Waals surface area contributed by atoms with Crippen LogP contribution in [0.15, 0.2) is 0 Å². The van der Waals surface area contributed by atoms with Crippen LogP contribution in [-0.4, -0.2) is 50.6 Å². The molecule has 0 saturated heterocycles. The van der Waals surface area contributed by atoms with Crippen LogP contribution >= 0.6 is 0 Å². The lowest BCUT2D eigenvalue weighted by Gasteiger charge is -2.06.